The van der Waals surface area contributed by atoms with Crippen LogP contribution in [0.1, 0.15) is 0 Å². The monoisotopic (exact) mass is 219 g/mol. The number of hydrogen-bond acceptors (Lipinski definition) is 2. The average Bonchev–Trinajstić information content (AvgIpc) is 2.07. The SMILES string of the molecule is Cl.O=C1Nc2ccccc2OC1Cl. The van der Waals surface area contributed by atoms with Gasteiger partial charge in [-0.25, -0.2) is 0 Å². The first-order valence-electron chi connectivity index (χ1n) is 3.48. The number of carbonyl (C=O) groups excluding carboxylic acids is 1. The van der Waals surface area contributed by atoms with Gasteiger partial charge in [0.2, 0.25) is 0 Å². The third-order valence-corrected chi connectivity index (χ3v) is 1.87. The molecule has 1 atom stereocenters. The molecule has 5 heteroatoms. The normalized spacial score (nSPS) is 19.2. The number of para-hydroxylation sites is 2. The fourth-order valence-electron chi connectivity index (χ4n) is 1.03. The van der Waals surface area contributed by atoms with Gasteiger partial charge < -0.3 is 10.1 Å². The Morgan fingerprint density at radius 3 is 2.85 bits per heavy atom. The summed E-state index contributed by atoms with van der Waals surface area (Å²) in [5, 5.41) is 2.61. The van der Waals surface area contributed by atoms with E-state index in [-0.39, 0.29) is 18.3 Å². The molecule has 1 heterocycles. The van der Waals surface area contributed by atoms with Gasteiger partial charge in [-0.2, -0.15) is 0 Å². The number of anilines is 1. The molecule has 0 aliphatic carbocycles. The Labute approximate surface area is 86.4 Å². The van der Waals surface area contributed by atoms with Crippen molar-refractivity contribution in [1.29, 1.82) is 0 Å². The molecular weight excluding hydrogens is 213 g/mol. The van der Waals surface area contributed by atoms with Crippen LogP contribution in [0.3, 0.4) is 0 Å². The third-order valence-electron chi connectivity index (χ3n) is 1.58. The fraction of sp³-hybridized carbons (Fsp3) is 0.125. The van der Waals surface area contributed by atoms with Crippen molar-refractivity contribution in [2.45, 2.75) is 5.56 Å². The molecule has 1 unspecified atom stereocenters. The van der Waals surface area contributed by atoms with E-state index in [2.05, 4.69) is 5.32 Å². The van der Waals surface area contributed by atoms with Crippen LogP contribution in [0.5, 0.6) is 5.75 Å². The van der Waals surface area contributed by atoms with Gasteiger partial charge in [0.25, 0.3) is 11.5 Å². The zero-order valence-corrected chi connectivity index (χ0v) is 8.06. The van der Waals surface area contributed by atoms with E-state index in [1.807, 2.05) is 12.1 Å². The first-order chi connectivity index (χ1) is 5.77. The minimum atomic E-state index is -0.917. The van der Waals surface area contributed by atoms with Crippen molar-refractivity contribution in [3.05, 3.63) is 24.3 Å². The summed E-state index contributed by atoms with van der Waals surface area (Å²) in [5.41, 5.74) is -0.251. The highest BCUT2D eigenvalue weighted by molar-refractivity contribution is 6.32. The quantitative estimate of drug-likeness (QED) is 0.679. The number of rotatable bonds is 0. The Morgan fingerprint density at radius 1 is 1.38 bits per heavy atom. The average molecular weight is 220 g/mol. The highest BCUT2D eigenvalue weighted by Crippen LogP contribution is 2.29. The second kappa shape index (κ2) is 3.85. The lowest BCUT2D eigenvalue weighted by Gasteiger charge is -2.21. The van der Waals surface area contributed by atoms with Gasteiger partial charge in [0.1, 0.15) is 5.75 Å². The topological polar surface area (TPSA) is 38.3 Å². The Morgan fingerprint density at radius 2 is 2.08 bits per heavy atom. The van der Waals surface area contributed by atoms with Gasteiger partial charge in [-0.15, -0.1) is 12.4 Å². The Hall–Kier alpha value is -0.930. The van der Waals surface area contributed by atoms with Crippen LogP contribution in [0, 0.1) is 0 Å². The Kier molecular flexibility index (Phi) is 3.01. The molecule has 0 saturated carbocycles. The Bertz CT molecular complexity index is 330. The molecule has 1 aromatic rings. The molecule has 2 rings (SSSR count). The summed E-state index contributed by atoms with van der Waals surface area (Å²) in [6.07, 6.45) is 0. The molecule has 13 heavy (non-hydrogen) atoms. The molecular formula is C8H7Cl2NO2. The number of alkyl halides is 1. The summed E-state index contributed by atoms with van der Waals surface area (Å²) in [7, 11) is 0. The smallest absolute Gasteiger partial charge is 0.281 e. The lowest BCUT2D eigenvalue weighted by molar-refractivity contribution is -0.120. The maximum atomic E-state index is 11.0. The molecule has 1 N–H and O–H groups in total. The highest BCUT2D eigenvalue weighted by Gasteiger charge is 2.24. The summed E-state index contributed by atoms with van der Waals surface area (Å²) in [6.45, 7) is 0. The number of hydrogen-bond donors (Lipinski definition) is 1. The van der Waals surface area contributed by atoms with Crippen LogP contribution < -0.4 is 10.1 Å². The molecule has 0 radical (unpaired) electrons. The van der Waals surface area contributed by atoms with Crippen molar-refractivity contribution in [2.75, 3.05) is 5.32 Å². The van der Waals surface area contributed by atoms with Crippen LogP contribution in [0.25, 0.3) is 0 Å². The van der Waals surface area contributed by atoms with E-state index >= 15 is 0 Å². The summed E-state index contributed by atoms with van der Waals surface area (Å²) >= 11 is 5.56. The lowest BCUT2D eigenvalue weighted by Crippen LogP contribution is -2.32. The molecule has 0 aromatic heterocycles. The first-order valence-corrected chi connectivity index (χ1v) is 3.91. The maximum Gasteiger partial charge on any atom is 0.281 e. The van der Waals surface area contributed by atoms with E-state index in [1.165, 1.54) is 0 Å². The number of fused-ring (bicyclic) bond motifs is 1. The predicted molar refractivity (Wildman–Crippen MR) is 52.6 cm³/mol. The molecule has 3 nitrogen and oxygen atoms in total. The maximum absolute atomic E-state index is 11.0. The number of benzene rings is 1. The molecule has 0 spiro atoms. The van der Waals surface area contributed by atoms with Crippen molar-refractivity contribution in [2.24, 2.45) is 0 Å². The molecule has 1 aliphatic heterocycles. The molecule has 70 valence electrons. The van der Waals surface area contributed by atoms with E-state index in [0.29, 0.717) is 11.4 Å². The first kappa shape index (κ1) is 10.2. The minimum Gasteiger partial charge on any atom is -0.463 e. The van der Waals surface area contributed by atoms with Crippen LogP contribution >= 0.6 is 24.0 Å². The second-order valence-electron chi connectivity index (χ2n) is 2.42. The van der Waals surface area contributed by atoms with Crippen LogP contribution in [0.2, 0.25) is 0 Å². The molecule has 1 aromatic carbocycles. The minimum absolute atomic E-state index is 0. The number of ether oxygens (including phenoxy) is 1. The van der Waals surface area contributed by atoms with Crippen LogP contribution in [0.4, 0.5) is 5.69 Å². The second-order valence-corrected chi connectivity index (χ2v) is 2.82. The number of amides is 1. The number of carbonyl (C=O) groups is 1. The summed E-state index contributed by atoms with van der Waals surface area (Å²) < 4.78 is 5.10. The summed E-state index contributed by atoms with van der Waals surface area (Å²) in [5.74, 6) is 0.285. The largest absolute Gasteiger partial charge is 0.463 e. The lowest BCUT2D eigenvalue weighted by atomic mass is 10.2. The van der Waals surface area contributed by atoms with E-state index in [4.69, 9.17) is 16.3 Å². The van der Waals surface area contributed by atoms with Gasteiger partial charge in [-0.3, -0.25) is 4.79 Å². The van der Waals surface area contributed by atoms with Gasteiger partial charge >= 0.3 is 0 Å². The van der Waals surface area contributed by atoms with E-state index in [9.17, 15) is 4.79 Å². The Balaban J connectivity index is 0.000000845. The van der Waals surface area contributed by atoms with Gasteiger partial charge in [0.05, 0.1) is 5.69 Å². The molecule has 0 saturated heterocycles. The summed E-state index contributed by atoms with van der Waals surface area (Å²) in [6, 6.07) is 7.15. The molecule has 1 aliphatic rings. The molecule has 1 amide bonds. The van der Waals surface area contributed by atoms with Crippen LogP contribution in [0.15, 0.2) is 24.3 Å². The number of halogens is 2. The van der Waals surface area contributed by atoms with Gasteiger partial charge in [-0.1, -0.05) is 23.7 Å². The van der Waals surface area contributed by atoms with Crippen molar-refractivity contribution >= 4 is 35.6 Å². The van der Waals surface area contributed by atoms with Gasteiger partial charge in [0, 0.05) is 0 Å². The standard InChI is InChI=1S/C8H6ClNO2.ClH/c9-7-8(11)10-5-3-1-2-4-6(5)12-7;/h1-4,7H,(H,10,11);1H. The zero-order valence-electron chi connectivity index (χ0n) is 6.49. The van der Waals surface area contributed by atoms with Crippen molar-refractivity contribution in [3.8, 4) is 5.75 Å². The fourth-order valence-corrected chi connectivity index (χ4v) is 1.18. The molecule has 0 bridgehead atoms. The van der Waals surface area contributed by atoms with Crippen molar-refractivity contribution in [1.82, 2.24) is 0 Å². The van der Waals surface area contributed by atoms with Crippen molar-refractivity contribution in [3.63, 3.8) is 0 Å². The summed E-state index contributed by atoms with van der Waals surface area (Å²) in [4.78, 5) is 11.0. The van der Waals surface area contributed by atoms with Crippen LogP contribution in [-0.2, 0) is 4.79 Å². The van der Waals surface area contributed by atoms with Gasteiger partial charge in [-0.05, 0) is 12.1 Å². The van der Waals surface area contributed by atoms with E-state index in [0.717, 1.165) is 0 Å². The van der Waals surface area contributed by atoms with Crippen molar-refractivity contribution < 1.29 is 9.53 Å². The van der Waals surface area contributed by atoms with Gasteiger partial charge in [0.15, 0.2) is 0 Å². The predicted octanol–water partition coefficient (Wildman–Crippen LogP) is 2.00. The van der Waals surface area contributed by atoms with E-state index in [1.54, 1.807) is 12.1 Å². The highest BCUT2D eigenvalue weighted by atomic mass is 35.5. The molecule has 0 fully saturated rings. The van der Waals surface area contributed by atoms with Crippen LogP contribution in [-0.4, -0.2) is 11.5 Å². The third kappa shape index (κ3) is 1.87. The van der Waals surface area contributed by atoms with E-state index < -0.39 is 5.56 Å². The number of nitrogens with one attached hydrogen (secondary N) is 1. The zero-order chi connectivity index (χ0) is 8.55.